The van der Waals surface area contributed by atoms with Gasteiger partial charge in [0, 0.05) is 6.07 Å². The van der Waals surface area contributed by atoms with Crippen LogP contribution in [0, 0.1) is 9.39 Å². The van der Waals surface area contributed by atoms with Crippen molar-refractivity contribution in [3.8, 4) is 0 Å². The number of nitrogens with zero attached hydrogens (tertiary/aromatic N) is 1. The van der Waals surface area contributed by atoms with Crippen molar-refractivity contribution in [1.29, 1.82) is 0 Å². The molecule has 0 fully saturated rings. The fourth-order valence-electron chi connectivity index (χ4n) is 0.785. The van der Waals surface area contributed by atoms with Crippen LogP contribution >= 0.6 is 22.6 Å². The molecule has 0 aliphatic heterocycles. The van der Waals surface area contributed by atoms with E-state index in [9.17, 15) is 21.6 Å². The highest BCUT2D eigenvalue weighted by Gasteiger charge is 2.22. The third-order valence-corrected chi connectivity index (χ3v) is 3.27. The predicted octanol–water partition coefficient (Wildman–Crippen LogP) is 1.41. The number of sulfonamides is 1. The van der Waals surface area contributed by atoms with Gasteiger partial charge in [0.25, 0.3) is 16.4 Å². The Labute approximate surface area is 96.9 Å². The second-order valence-electron chi connectivity index (χ2n) is 2.49. The Morgan fingerprint density at radius 3 is 2.40 bits per heavy atom. The van der Waals surface area contributed by atoms with Crippen LogP contribution in [0.3, 0.4) is 0 Å². The lowest BCUT2D eigenvalue weighted by Crippen LogP contribution is -2.16. The van der Waals surface area contributed by atoms with Crippen LogP contribution in [0.1, 0.15) is 12.1 Å². The van der Waals surface area contributed by atoms with Gasteiger partial charge in [-0.3, -0.25) is 0 Å². The third-order valence-electron chi connectivity index (χ3n) is 1.41. The molecule has 15 heavy (non-hydrogen) atoms. The molecule has 0 atom stereocenters. The zero-order valence-electron chi connectivity index (χ0n) is 6.92. The summed E-state index contributed by atoms with van der Waals surface area (Å²) in [6, 6.07) is 0.503. The molecule has 1 aromatic rings. The number of aromatic nitrogens is 1. The van der Waals surface area contributed by atoms with Gasteiger partial charge in [-0.05, 0) is 22.6 Å². The minimum atomic E-state index is -4.29. The average molecular weight is 352 g/mol. The number of pyridine rings is 1. The number of rotatable bonds is 2. The smallest absolute Gasteiger partial charge is 0.233 e. The van der Waals surface area contributed by atoms with Crippen molar-refractivity contribution in [2.75, 3.05) is 0 Å². The lowest BCUT2D eigenvalue weighted by Gasteiger charge is -2.05. The van der Waals surface area contributed by atoms with E-state index in [4.69, 9.17) is 0 Å². The molecule has 0 aliphatic carbocycles. The van der Waals surface area contributed by atoms with E-state index in [1.807, 2.05) is 0 Å². The first-order chi connectivity index (χ1) is 6.73. The van der Waals surface area contributed by atoms with E-state index in [1.165, 1.54) is 22.6 Å². The molecule has 0 amide bonds. The summed E-state index contributed by atoms with van der Waals surface area (Å²) in [6.07, 6.45) is -3.06. The zero-order valence-corrected chi connectivity index (χ0v) is 9.89. The fourth-order valence-corrected chi connectivity index (χ4v) is 1.79. The highest BCUT2D eigenvalue weighted by Crippen LogP contribution is 2.25. The van der Waals surface area contributed by atoms with E-state index in [2.05, 4.69) is 10.1 Å². The summed E-state index contributed by atoms with van der Waals surface area (Å²) in [5.41, 5.74) is -0.931. The first kappa shape index (κ1) is 12.6. The van der Waals surface area contributed by atoms with Crippen LogP contribution in [0.4, 0.5) is 13.2 Å². The Kier molecular flexibility index (Phi) is 3.55. The lowest BCUT2D eigenvalue weighted by atomic mass is 10.3. The molecule has 0 bridgehead atoms. The van der Waals surface area contributed by atoms with E-state index < -0.39 is 36.6 Å². The van der Waals surface area contributed by atoms with Gasteiger partial charge in [-0.25, -0.2) is 31.7 Å². The van der Waals surface area contributed by atoms with Gasteiger partial charge in [-0.1, -0.05) is 0 Å². The average Bonchev–Trinajstić information content (AvgIpc) is 2.06. The summed E-state index contributed by atoms with van der Waals surface area (Å²) in [5, 5.41) is 3.73. The zero-order chi connectivity index (χ0) is 11.8. The molecule has 9 heteroatoms. The number of hydrogen-bond donors (Lipinski definition) is 1. The molecule has 0 radical (unpaired) electrons. The van der Waals surface area contributed by atoms with Crippen molar-refractivity contribution in [2.24, 2.45) is 5.14 Å². The molecule has 1 rings (SSSR count). The van der Waals surface area contributed by atoms with Gasteiger partial charge >= 0.3 is 0 Å². The second-order valence-corrected chi connectivity index (χ2v) is 5.07. The highest BCUT2D eigenvalue weighted by atomic mass is 127. The maximum Gasteiger partial charge on any atom is 0.281 e. The van der Waals surface area contributed by atoms with Crippen molar-refractivity contribution in [3.05, 3.63) is 21.1 Å². The SMILES string of the molecule is NS(=O)(=O)c1cc(F)c(I)c(C(F)F)n1. The van der Waals surface area contributed by atoms with Crippen LogP contribution in [0.25, 0.3) is 0 Å². The number of hydrogen-bond acceptors (Lipinski definition) is 3. The summed E-state index contributed by atoms with van der Waals surface area (Å²) in [6.45, 7) is 0. The van der Waals surface area contributed by atoms with E-state index >= 15 is 0 Å². The van der Waals surface area contributed by atoms with Gasteiger partial charge in [0.15, 0.2) is 5.03 Å². The van der Waals surface area contributed by atoms with E-state index in [0.29, 0.717) is 6.07 Å². The van der Waals surface area contributed by atoms with E-state index in [-0.39, 0.29) is 0 Å². The normalized spacial score (nSPS) is 12.1. The van der Waals surface area contributed by atoms with Gasteiger partial charge < -0.3 is 0 Å². The van der Waals surface area contributed by atoms with Crippen LogP contribution in [0.2, 0.25) is 0 Å². The molecule has 0 aromatic carbocycles. The van der Waals surface area contributed by atoms with Crippen molar-refractivity contribution >= 4 is 32.6 Å². The van der Waals surface area contributed by atoms with Crippen molar-refractivity contribution in [1.82, 2.24) is 4.98 Å². The van der Waals surface area contributed by atoms with Crippen LogP contribution in [0.15, 0.2) is 11.1 Å². The molecule has 1 heterocycles. The van der Waals surface area contributed by atoms with Crippen LogP contribution in [-0.4, -0.2) is 13.4 Å². The molecule has 0 aliphatic rings. The quantitative estimate of drug-likeness (QED) is 0.818. The first-order valence-corrected chi connectivity index (χ1v) is 6.03. The largest absolute Gasteiger partial charge is 0.281 e. The molecule has 1 aromatic heterocycles. The van der Waals surface area contributed by atoms with Gasteiger partial charge in [0.2, 0.25) is 0 Å². The Morgan fingerprint density at radius 1 is 1.47 bits per heavy atom. The molecular weight excluding hydrogens is 348 g/mol. The van der Waals surface area contributed by atoms with Gasteiger partial charge in [0.1, 0.15) is 11.5 Å². The Bertz CT molecular complexity index is 491. The minimum Gasteiger partial charge on any atom is -0.233 e. The Morgan fingerprint density at radius 2 is 2.00 bits per heavy atom. The third kappa shape index (κ3) is 2.78. The molecule has 0 saturated heterocycles. The van der Waals surface area contributed by atoms with E-state index in [1.54, 1.807) is 0 Å². The molecule has 0 saturated carbocycles. The molecular formula is C6H4F3IN2O2S. The van der Waals surface area contributed by atoms with Crippen molar-refractivity contribution < 1.29 is 21.6 Å². The predicted molar refractivity (Wildman–Crippen MR) is 53.2 cm³/mol. The first-order valence-electron chi connectivity index (χ1n) is 3.40. The summed E-state index contributed by atoms with van der Waals surface area (Å²) in [5.74, 6) is -1.09. The number of nitrogens with two attached hydrogens (primary N) is 1. The molecule has 4 nitrogen and oxygen atoms in total. The second kappa shape index (κ2) is 4.22. The lowest BCUT2D eigenvalue weighted by molar-refractivity contribution is 0.143. The molecule has 0 spiro atoms. The van der Waals surface area contributed by atoms with Gasteiger partial charge in [-0.2, -0.15) is 0 Å². The van der Waals surface area contributed by atoms with Crippen molar-refractivity contribution in [3.63, 3.8) is 0 Å². The Balaban J connectivity index is 3.50. The van der Waals surface area contributed by atoms with Gasteiger partial charge in [0.05, 0.1) is 3.57 Å². The van der Waals surface area contributed by atoms with Gasteiger partial charge in [-0.15, -0.1) is 0 Å². The summed E-state index contributed by atoms with van der Waals surface area (Å²) in [4.78, 5) is 3.09. The number of alkyl halides is 2. The van der Waals surface area contributed by atoms with E-state index in [0.717, 1.165) is 0 Å². The van der Waals surface area contributed by atoms with Crippen LogP contribution < -0.4 is 5.14 Å². The van der Waals surface area contributed by atoms with Crippen LogP contribution in [0.5, 0.6) is 0 Å². The molecule has 2 N–H and O–H groups in total. The maximum atomic E-state index is 13.0. The van der Waals surface area contributed by atoms with Crippen LogP contribution in [-0.2, 0) is 10.0 Å². The number of halogens is 4. The fraction of sp³-hybridized carbons (Fsp3) is 0.167. The van der Waals surface area contributed by atoms with Crippen molar-refractivity contribution in [2.45, 2.75) is 11.5 Å². The summed E-state index contributed by atoms with van der Waals surface area (Å²) < 4.78 is 58.8. The standard InChI is InChI=1S/C6H4F3IN2O2S/c7-2-1-3(15(11,13)14)12-5(4(2)10)6(8)9/h1,6H,(H2,11,13,14). The summed E-state index contributed by atoms with van der Waals surface area (Å²) >= 11 is 1.31. The molecule has 0 unspecified atom stereocenters. The monoisotopic (exact) mass is 352 g/mol. The highest BCUT2D eigenvalue weighted by molar-refractivity contribution is 14.1. The Hall–Kier alpha value is -0.420. The summed E-state index contributed by atoms with van der Waals surface area (Å²) in [7, 11) is -4.29. The molecule has 84 valence electrons. The number of primary sulfonamides is 1. The minimum absolute atomic E-state index is 0.421. The topological polar surface area (TPSA) is 73.1 Å². The maximum absolute atomic E-state index is 13.0.